The summed E-state index contributed by atoms with van der Waals surface area (Å²) >= 11 is 0. The minimum absolute atomic E-state index is 0.589. The average Bonchev–Trinajstić information content (AvgIpc) is 2.96. The lowest BCUT2D eigenvalue weighted by Crippen LogP contribution is -2.38. The van der Waals surface area contributed by atoms with Gasteiger partial charge in [-0.1, -0.05) is 13.8 Å². The summed E-state index contributed by atoms with van der Waals surface area (Å²) in [6, 6.07) is 0. The average molecular weight is 322 g/mol. The molecule has 0 fully saturated rings. The Kier molecular flexibility index (Phi) is 7.32. The van der Waals surface area contributed by atoms with Crippen LogP contribution in [0.2, 0.25) is 0 Å². The molecule has 1 aromatic rings. The van der Waals surface area contributed by atoms with Crippen molar-refractivity contribution in [2.24, 2.45) is 10.9 Å². The number of rotatable bonds is 8. The Hall–Kier alpha value is -1.63. The van der Waals surface area contributed by atoms with Gasteiger partial charge in [-0.25, -0.2) is 0 Å². The highest BCUT2D eigenvalue weighted by atomic mass is 16.5. The van der Waals surface area contributed by atoms with Crippen LogP contribution >= 0.6 is 0 Å². The van der Waals surface area contributed by atoms with Crippen LogP contribution in [0.1, 0.15) is 44.8 Å². The van der Waals surface area contributed by atoms with Crippen molar-refractivity contribution in [2.75, 3.05) is 26.8 Å². The lowest BCUT2D eigenvalue weighted by Gasteiger charge is -2.16. The number of aliphatic imine (C=N–C) groups is 1. The van der Waals surface area contributed by atoms with Crippen LogP contribution in [-0.4, -0.2) is 47.5 Å². The van der Waals surface area contributed by atoms with E-state index in [0.717, 1.165) is 56.8 Å². The molecule has 0 aliphatic carbocycles. The molecule has 1 aliphatic heterocycles. The molecule has 2 N–H and O–H groups in total. The van der Waals surface area contributed by atoms with Crippen LogP contribution in [0.25, 0.3) is 0 Å². The summed E-state index contributed by atoms with van der Waals surface area (Å²) in [4.78, 5) is 4.24. The number of ether oxygens (including phenoxy) is 1. The monoisotopic (exact) mass is 322 g/mol. The zero-order valence-corrected chi connectivity index (χ0v) is 14.6. The number of aryl methyl sites for hydroxylation is 1. The molecule has 2 heterocycles. The minimum atomic E-state index is 0.589. The van der Waals surface area contributed by atoms with Crippen LogP contribution in [0, 0.1) is 5.92 Å². The van der Waals surface area contributed by atoms with Crippen molar-refractivity contribution in [3.8, 4) is 0 Å². The molecule has 7 nitrogen and oxygen atoms in total. The van der Waals surface area contributed by atoms with Crippen molar-refractivity contribution in [2.45, 2.75) is 52.6 Å². The van der Waals surface area contributed by atoms with Crippen LogP contribution < -0.4 is 10.6 Å². The van der Waals surface area contributed by atoms with Gasteiger partial charge >= 0.3 is 0 Å². The first-order valence-electron chi connectivity index (χ1n) is 8.64. The van der Waals surface area contributed by atoms with E-state index < -0.39 is 0 Å². The maximum absolute atomic E-state index is 5.57. The highest BCUT2D eigenvalue weighted by Crippen LogP contribution is 2.13. The largest absolute Gasteiger partial charge is 0.381 e. The van der Waals surface area contributed by atoms with E-state index in [2.05, 4.69) is 44.2 Å². The van der Waals surface area contributed by atoms with Gasteiger partial charge in [-0.2, -0.15) is 0 Å². The SMILES string of the molecule is CN=C(NCCCOCC(C)C)NCc1nnc2n1CCCC2. The second kappa shape index (κ2) is 9.50. The maximum atomic E-state index is 5.57. The van der Waals surface area contributed by atoms with Gasteiger partial charge < -0.3 is 19.9 Å². The third kappa shape index (κ3) is 5.82. The van der Waals surface area contributed by atoms with E-state index in [1.807, 2.05) is 0 Å². The number of fused-ring (bicyclic) bond motifs is 1. The standard InChI is InChI=1S/C16H30N6O/c1-13(2)12-23-10-6-8-18-16(17-3)19-11-15-21-20-14-7-4-5-9-22(14)15/h13H,4-12H2,1-3H3,(H2,17,18,19). The fourth-order valence-corrected chi connectivity index (χ4v) is 2.58. The molecule has 7 heteroatoms. The van der Waals surface area contributed by atoms with Gasteiger partial charge in [0.2, 0.25) is 0 Å². The van der Waals surface area contributed by atoms with Gasteiger partial charge in [-0.3, -0.25) is 4.99 Å². The Labute approximate surface area is 138 Å². The van der Waals surface area contributed by atoms with E-state index in [9.17, 15) is 0 Å². The first kappa shape index (κ1) is 17.7. The predicted octanol–water partition coefficient (Wildman–Crippen LogP) is 1.34. The summed E-state index contributed by atoms with van der Waals surface area (Å²) in [5.41, 5.74) is 0. The second-order valence-corrected chi connectivity index (χ2v) is 6.32. The van der Waals surface area contributed by atoms with Crippen molar-refractivity contribution < 1.29 is 4.74 Å². The Bertz CT molecular complexity index is 497. The molecular weight excluding hydrogens is 292 g/mol. The van der Waals surface area contributed by atoms with Crippen LogP contribution in [0.5, 0.6) is 0 Å². The van der Waals surface area contributed by atoms with Crippen LogP contribution in [0.15, 0.2) is 4.99 Å². The summed E-state index contributed by atoms with van der Waals surface area (Å²) < 4.78 is 7.80. The van der Waals surface area contributed by atoms with Crippen LogP contribution in [-0.2, 0) is 24.2 Å². The zero-order chi connectivity index (χ0) is 16.5. The Balaban J connectivity index is 1.66. The van der Waals surface area contributed by atoms with Gasteiger partial charge in [0, 0.05) is 39.8 Å². The summed E-state index contributed by atoms with van der Waals surface area (Å²) in [5, 5.41) is 15.2. The fraction of sp³-hybridized carbons (Fsp3) is 0.812. The van der Waals surface area contributed by atoms with E-state index in [4.69, 9.17) is 4.74 Å². The summed E-state index contributed by atoms with van der Waals surface area (Å²) in [6.45, 7) is 8.44. The molecule has 23 heavy (non-hydrogen) atoms. The van der Waals surface area contributed by atoms with Crippen molar-refractivity contribution >= 4 is 5.96 Å². The van der Waals surface area contributed by atoms with E-state index in [-0.39, 0.29) is 0 Å². The van der Waals surface area contributed by atoms with Crippen molar-refractivity contribution in [3.05, 3.63) is 11.6 Å². The molecule has 1 aliphatic rings. The molecule has 0 unspecified atom stereocenters. The molecule has 0 aromatic carbocycles. The van der Waals surface area contributed by atoms with Gasteiger partial charge in [0.15, 0.2) is 11.8 Å². The minimum Gasteiger partial charge on any atom is -0.381 e. The van der Waals surface area contributed by atoms with E-state index in [1.165, 1.54) is 12.8 Å². The third-order valence-electron chi connectivity index (χ3n) is 3.78. The van der Waals surface area contributed by atoms with Crippen LogP contribution in [0.4, 0.5) is 0 Å². The first-order valence-corrected chi connectivity index (χ1v) is 8.64. The Morgan fingerprint density at radius 2 is 2.17 bits per heavy atom. The smallest absolute Gasteiger partial charge is 0.191 e. The molecule has 0 saturated carbocycles. The maximum Gasteiger partial charge on any atom is 0.191 e. The molecular formula is C16H30N6O. The van der Waals surface area contributed by atoms with Crippen molar-refractivity contribution in [1.29, 1.82) is 0 Å². The van der Waals surface area contributed by atoms with E-state index >= 15 is 0 Å². The molecule has 0 saturated heterocycles. The molecule has 0 spiro atoms. The molecule has 0 bridgehead atoms. The number of nitrogens with zero attached hydrogens (tertiary/aromatic N) is 4. The predicted molar refractivity (Wildman–Crippen MR) is 91.4 cm³/mol. The molecule has 2 rings (SSSR count). The molecule has 0 radical (unpaired) electrons. The molecule has 130 valence electrons. The lowest BCUT2D eigenvalue weighted by molar-refractivity contribution is 0.108. The number of aromatic nitrogens is 3. The Morgan fingerprint density at radius 1 is 1.30 bits per heavy atom. The fourth-order valence-electron chi connectivity index (χ4n) is 2.58. The van der Waals surface area contributed by atoms with Gasteiger partial charge in [0.25, 0.3) is 0 Å². The normalized spacial score (nSPS) is 14.9. The summed E-state index contributed by atoms with van der Waals surface area (Å²) in [6.07, 6.45) is 4.43. The van der Waals surface area contributed by atoms with Crippen molar-refractivity contribution in [3.63, 3.8) is 0 Å². The number of hydrogen-bond donors (Lipinski definition) is 2. The summed E-state index contributed by atoms with van der Waals surface area (Å²) in [7, 11) is 1.78. The zero-order valence-electron chi connectivity index (χ0n) is 14.6. The van der Waals surface area contributed by atoms with Crippen molar-refractivity contribution in [1.82, 2.24) is 25.4 Å². The highest BCUT2D eigenvalue weighted by Gasteiger charge is 2.15. The quantitative estimate of drug-likeness (QED) is 0.429. The first-order chi connectivity index (χ1) is 11.2. The topological polar surface area (TPSA) is 76.4 Å². The van der Waals surface area contributed by atoms with Gasteiger partial charge in [0.05, 0.1) is 6.54 Å². The molecule has 0 amide bonds. The third-order valence-corrected chi connectivity index (χ3v) is 3.78. The van der Waals surface area contributed by atoms with Crippen LogP contribution in [0.3, 0.4) is 0 Å². The van der Waals surface area contributed by atoms with E-state index in [0.29, 0.717) is 12.5 Å². The highest BCUT2D eigenvalue weighted by molar-refractivity contribution is 5.79. The van der Waals surface area contributed by atoms with E-state index in [1.54, 1.807) is 7.05 Å². The Morgan fingerprint density at radius 3 is 2.96 bits per heavy atom. The lowest BCUT2D eigenvalue weighted by atomic mass is 10.2. The molecule has 1 aromatic heterocycles. The summed E-state index contributed by atoms with van der Waals surface area (Å²) in [5.74, 6) is 3.48. The second-order valence-electron chi connectivity index (χ2n) is 6.32. The van der Waals surface area contributed by atoms with Gasteiger partial charge in [-0.15, -0.1) is 10.2 Å². The van der Waals surface area contributed by atoms with Gasteiger partial charge in [0.1, 0.15) is 5.82 Å². The van der Waals surface area contributed by atoms with Gasteiger partial charge in [-0.05, 0) is 25.2 Å². The number of nitrogens with one attached hydrogen (secondary N) is 2. The number of guanidine groups is 1. The number of hydrogen-bond acceptors (Lipinski definition) is 4. The molecule has 0 atom stereocenters.